The van der Waals surface area contributed by atoms with Gasteiger partial charge in [-0.1, -0.05) is 38.1 Å². The summed E-state index contributed by atoms with van der Waals surface area (Å²) in [6, 6.07) is 9.48. The van der Waals surface area contributed by atoms with Gasteiger partial charge in [-0.25, -0.2) is 0 Å². The Labute approximate surface area is 124 Å². The van der Waals surface area contributed by atoms with Crippen LogP contribution in [0.15, 0.2) is 24.3 Å². The molecule has 1 N–H and O–H groups in total. The van der Waals surface area contributed by atoms with Crippen LogP contribution in [0.2, 0.25) is 0 Å². The molecule has 0 aliphatic carbocycles. The molecule has 0 aliphatic rings. The van der Waals surface area contributed by atoms with Gasteiger partial charge in [0.15, 0.2) is 0 Å². The highest BCUT2D eigenvalue weighted by Crippen LogP contribution is 2.18. The molecule has 0 aromatic heterocycles. The van der Waals surface area contributed by atoms with Crippen molar-refractivity contribution >= 4 is 0 Å². The molecule has 20 heavy (non-hydrogen) atoms. The zero-order valence-electron chi connectivity index (χ0n) is 13.8. The van der Waals surface area contributed by atoms with E-state index in [-0.39, 0.29) is 5.60 Å². The van der Waals surface area contributed by atoms with Crippen molar-refractivity contribution in [3.63, 3.8) is 0 Å². The second-order valence-electron chi connectivity index (χ2n) is 6.19. The van der Waals surface area contributed by atoms with Crippen LogP contribution in [0, 0.1) is 0 Å². The number of hydrogen-bond acceptors (Lipinski definition) is 2. The quantitative estimate of drug-likeness (QED) is 0.737. The van der Waals surface area contributed by atoms with Crippen molar-refractivity contribution in [2.45, 2.75) is 65.0 Å². The fourth-order valence-electron chi connectivity index (χ4n) is 2.44. The third-order valence-electron chi connectivity index (χ3n) is 3.89. The van der Waals surface area contributed by atoms with E-state index >= 15 is 0 Å². The molecule has 0 heterocycles. The number of rotatable bonds is 9. The van der Waals surface area contributed by atoms with Gasteiger partial charge in [-0.2, -0.15) is 0 Å². The van der Waals surface area contributed by atoms with Crippen molar-refractivity contribution in [1.29, 1.82) is 0 Å². The van der Waals surface area contributed by atoms with Gasteiger partial charge in [0, 0.05) is 13.2 Å². The van der Waals surface area contributed by atoms with Crippen molar-refractivity contribution in [3.05, 3.63) is 35.4 Å². The van der Waals surface area contributed by atoms with E-state index in [0.29, 0.717) is 6.04 Å². The molecule has 0 radical (unpaired) electrons. The Balaban J connectivity index is 2.67. The smallest absolute Gasteiger partial charge is 0.0637 e. The SMILES string of the molecule is CCCNC(Cc1ccc(CC)cc1)CC(C)(C)OC. The summed E-state index contributed by atoms with van der Waals surface area (Å²) < 4.78 is 5.58. The van der Waals surface area contributed by atoms with Crippen LogP contribution in [-0.2, 0) is 17.6 Å². The number of benzene rings is 1. The largest absolute Gasteiger partial charge is 0.379 e. The second kappa shape index (κ2) is 8.43. The standard InChI is InChI=1S/C18H31NO/c1-6-12-19-17(14-18(3,4)20-5)13-16-10-8-15(7-2)9-11-16/h8-11,17,19H,6-7,12-14H2,1-5H3. The Kier molecular flexibility index (Phi) is 7.25. The highest BCUT2D eigenvalue weighted by atomic mass is 16.5. The molecule has 0 saturated heterocycles. The van der Waals surface area contributed by atoms with Gasteiger partial charge < -0.3 is 10.1 Å². The lowest BCUT2D eigenvalue weighted by Crippen LogP contribution is -2.39. The Morgan fingerprint density at radius 1 is 1.10 bits per heavy atom. The molecule has 2 nitrogen and oxygen atoms in total. The van der Waals surface area contributed by atoms with Crippen LogP contribution in [-0.4, -0.2) is 25.3 Å². The molecule has 1 unspecified atom stereocenters. The average molecular weight is 277 g/mol. The van der Waals surface area contributed by atoms with Crippen molar-refractivity contribution in [2.75, 3.05) is 13.7 Å². The number of hydrogen-bond donors (Lipinski definition) is 1. The van der Waals surface area contributed by atoms with Gasteiger partial charge in [0.1, 0.15) is 0 Å². The molecule has 1 aromatic carbocycles. The third kappa shape index (κ3) is 6.06. The van der Waals surface area contributed by atoms with Crippen molar-refractivity contribution < 1.29 is 4.74 Å². The highest BCUT2D eigenvalue weighted by Gasteiger charge is 2.22. The third-order valence-corrected chi connectivity index (χ3v) is 3.89. The van der Waals surface area contributed by atoms with Gasteiger partial charge in [-0.3, -0.25) is 0 Å². The number of nitrogens with one attached hydrogen (secondary N) is 1. The summed E-state index contributed by atoms with van der Waals surface area (Å²) in [6.45, 7) is 9.79. The Morgan fingerprint density at radius 3 is 2.20 bits per heavy atom. The first kappa shape index (κ1) is 17.2. The fraction of sp³-hybridized carbons (Fsp3) is 0.667. The Morgan fingerprint density at radius 2 is 1.70 bits per heavy atom. The predicted octanol–water partition coefficient (Wildman–Crippen LogP) is 3.97. The predicted molar refractivity (Wildman–Crippen MR) is 87.3 cm³/mol. The van der Waals surface area contributed by atoms with Crippen molar-refractivity contribution in [3.8, 4) is 0 Å². The summed E-state index contributed by atoms with van der Waals surface area (Å²) in [6.07, 6.45) is 4.36. The molecule has 1 rings (SSSR count). The molecule has 0 spiro atoms. The Hall–Kier alpha value is -0.860. The zero-order valence-corrected chi connectivity index (χ0v) is 13.8. The van der Waals surface area contributed by atoms with Gasteiger partial charge in [-0.15, -0.1) is 0 Å². The minimum Gasteiger partial charge on any atom is -0.379 e. The first-order chi connectivity index (χ1) is 9.50. The summed E-state index contributed by atoms with van der Waals surface area (Å²) in [4.78, 5) is 0. The fourth-order valence-corrected chi connectivity index (χ4v) is 2.44. The highest BCUT2D eigenvalue weighted by molar-refractivity contribution is 5.23. The normalized spacial score (nSPS) is 13.4. The van der Waals surface area contributed by atoms with Crippen molar-refractivity contribution in [1.82, 2.24) is 5.32 Å². The van der Waals surface area contributed by atoms with Gasteiger partial charge in [-0.05, 0) is 57.2 Å². The number of aryl methyl sites for hydroxylation is 1. The van der Waals surface area contributed by atoms with Crippen LogP contribution < -0.4 is 5.32 Å². The molecular formula is C18H31NO. The van der Waals surface area contributed by atoms with Crippen molar-refractivity contribution in [2.24, 2.45) is 0 Å². The van der Waals surface area contributed by atoms with Gasteiger partial charge >= 0.3 is 0 Å². The maximum absolute atomic E-state index is 5.58. The monoisotopic (exact) mass is 277 g/mol. The van der Waals surface area contributed by atoms with E-state index in [9.17, 15) is 0 Å². The zero-order chi connectivity index (χ0) is 15.0. The van der Waals surface area contributed by atoms with Crippen LogP contribution in [0.1, 0.15) is 51.7 Å². The van der Waals surface area contributed by atoms with E-state index < -0.39 is 0 Å². The number of ether oxygens (including phenoxy) is 1. The topological polar surface area (TPSA) is 21.3 Å². The molecule has 2 heteroatoms. The van der Waals surface area contributed by atoms with Crippen LogP contribution in [0.25, 0.3) is 0 Å². The second-order valence-corrected chi connectivity index (χ2v) is 6.19. The lowest BCUT2D eigenvalue weighted by molar-refractivity contribution is 0.00714. The summed E-state index contributed by atoms with van der Waals surface area (Å²) >= 11 is 0. The molecule has 0 saturated carbocycles. The van der Waals surface area contributed by atoms with Gasteiger partial charge in [0.2, 0.25) is 0 Å². The molecule has 1 atom stereocenters. The lowest BCUT2D eigenvalue weighted by atomic mass is 9.93. The van der Waals surface area contributed by atoms with Crippen LogP contribution in [0.3, 0.4) is 0 Å². The number of methoxy groups -OCH3 is 1. The summed E-state index contributed by atoms with van der Waals surface area (Å²) in [5.74, 6) is 0. The van der Waals surface area contributed by atoms with Crippen LogP contribution in [0.5, 0.6) is 0 Å². The minimum atomic E-state index is -0.0746. The molecule has 0 bridgehead atoms. The summed E-state index contributed by atoms with van der Waals surface area (Å²) in [7, 11) is 1.80. The minimum absolute atomic E-state index is 0.0746. The molecule has 0 amide bonds. The van der Waals surface area contributed by atoms with Crippen LogP contribution >= 0.6 is 0 Å². The van der Waals surface area contributed by atoms with E-state index in [1.165, 1.54) is 17.5 Å². The van der Waals surface area contributed by atoms with Gasteiger partial charge in [0.05, 0.1) is 5.60 Å². The summed E-state index contributed by atoms with van der Waals surface area (Å²) in [5.41, 5.74) is 2.74. The first-order valence-corrected chi connectivity index (χ1v) is 7.87. The molecule has 0 aliphatic heterocycles. The Bertz CT molecular complexity index is 370. The molecular weight excluding hydrogens is 246 g/mol. The van der Waals surface area contributed by atoms with Gasteiger partial charge in [0.25, 0.3) is 0 Å². The maximum Gasteiger partial charge on any atom is 0.0637 e. The van der Waals surface area contributed by atoms with Crippen LogP contribution in [0.4, 0.5) is 0 Å². The molecule has 0 fully saturated rings. The lowest BCUT2D eigenvalue weighted by Gasteiger charge is -2.29. The van der Waals surface area contributed by atoms with E-state index in [1.807, 2.05) is 0 Å². The van der Waals surface area contributed by atoms with E-state index in [4.69, 9.17) is 4.74 Å². The van der Waals surface area contributed by atoms with E-state index in [0.717, 1.165) is 25.8 Å². The van der Waals surface area contributed by atoms with E-state index in [2.05, 4.69) is 57.3 Å². The first-order valence-electron chi connectivity index (χ1n) is 7.87. The van der Waals surface area contributed by atoms with E-state index in [1.54, 1.807) is 7.11 Å². The molecule has 1 aromatic rings. The summed E-state index contributed by atoms with van der Waals surface area (Å²) in [5, 5.41) is 3.66. The molecule has 114 valence electrons. The maximum atomic E-state index is 5.58. The average Bonchev–Trinajstić information content (AvgIpc) is 2.45.